The lowest BCUT2D eigenvalue weighted by atomic mass is 10.1. The van der Waals surface area contributed by atoms with Crippen molar-refractivity contribution in [1.29, 1.82) is 0 Å². The number of piperazine rings is 1. The van der Waals surface area contributed by atoms with Crippen LogP contribution in [0.2, 0.25) is 0 Å². The van der Waals surface area contributed by atoms with Gasteiger partial charge < -0.3 is 15.5 Å². The van der Waals surface area contributed by atoms with Gasteiger partial charge in [-0.1, -0.05) is 0 Å². The summed E-state index contributed by atoms with van der Waals surface area (Å²) in [7, 11) is 2.15. The molecule has 4 heteroatoms. The number of aromatic nitrogens is 1. The van der Waals surface area contributed by atoms with Crippen molar-refractivity contribution in [2.24, 2.45) is 0 Å². The molecule has 0 bridgehead atoms. The minimum absolute atomic E-state index is 0.468. The van der Waals surface area contributed by atoms with E-state index in [-0.39, 0.29) is 0 Å². The third-order valence-corrected chi connectivity index (χ3v) is 3.29. The van der Waals surface area contributed by atoms with Crippen molar-refractivity contribution in [3.63, 3.8) is 0 Å². The van der Waals surface area contributed by atoms with Gasteiger partial charge in [-0.2, -0.15) is 0 Å². The minimum Gasteiger partial charge on any atom is -0.396 e. The molecule has 1 fully saturated rings. The molecule has 16 heavy (non-hydrogen) atoms. The molecule has 88 valence electrons. The Morgan fingerprint density at radius 1 is 1.44 bits per heavy atom. The van der Waals surface area contributed by atoms with Crippen LogP contribution in [0.15, 0.2) is 12.3 Å². The number of rotatable bonds is 1. The monoisotopic (exact) mass is 220 g/mol. The van der Waals surface area contributed by atoms with Crippen molar-refractivity contribution in [3.05, 3.63) is 17.8 Å². The lowest BCUT2D eigenvalue weighted by Gasteiger charge is -2.39. The zero-order chi connectivity index (χ0) is 11.7. The van der Waals surface area contributed by atoms with E-state index < -0.39 is 0 Å². The molecular weight excluding hydrogens is 200 g/mol. The van der Waals surface area contributed by atoms with Gasteiger partial charge in [-0.15, -0.1) is 0 Å². The van der Waals surface area contributed by atoms with Gasteiger partial charge in [0, 0.05) is 31.9 Å². The first-order chi connectivity index (χ1) is 7.59. The maximum atomic E-state index is 6.09. The molecule has 2 heterocycles. The second-order valence-electron chi connectivity index (χ2n) is 4.67. The lowest BCUT2D eigenvalue weighted by molar-refractivity contribution is 0.275. The summed E-state index contributed by atoms with van der Waals surface area (Å²) >= 11 is 0. The van der Waals surface area contributed by atoms with Crippen LogP contribution < -0.4 is 10.6 Å². The maximum Gasteiger partial charge on any atom is 0.152 e. The van der Waals surface area contributed by atoms with Gasteiger partial charge in [-0.05, 0) is 32.5 Å². The van der Waals surface area contributed by atoms with Gasteiger partial charge in [0.1, 0.15) is 0 Å². The summed E-state index contributed by atoms with van der Waals surface area (Å²) in [5.74, 6) is 0.945. The van der Waals surface area contributed by atoms with Gasteiger partial charge in [0.05, 0.1) is 5.69 Å². The number of anilines is 2. The summed E-state index contributed by atoms with van der Waals surface area (Å²) in [5.41, 5.74) is 8.02. The van der Waals surface area contributed by atoms with Crippen LogP contribution in [0.5, 0.6) is 0 Å². The first-order valence-corrected chi connectivity index (χ1v) is 5.76. The first-order valence-electron chi connectivity index (χ1n) is 5.76. The molecule has 0 saturated carbocycles. The average Bonchev–Trinajstić information content (AvgIpc) is 2.23. The van der Waals surface area contributed by atoms with Crippen LogP contribution in [-0.2, 0) is 0 Å². The molecule has 1 aliphatic heterocycles. The van der Waals surface area contributed by atoms with Gasteiger partial charge in [0.15, 0.2) is 5.82 Å². The highest BCUT2D eigenvalue weighted by atomic mass is 15.3. The van der Waals surface area contributed by atoms with E-state index in [1.165, 1.54) is 0 Å². The number of pyridine rings is 1. The molecule has 0 aliphatic carbocycles. The number of hydrogen-bond acceptors (Lipinski definition) is 4. The van der Waals surface area contributed by atoms with Crippen LogP contribution in [0.4, 0.5) is 11.5 Å². The molecule has 1 aliphatic rings. The summed E-state index contributed by atoms with van der Waals surface area (Å²) in [6.45, 7) is 7.38. The highest BCUT2D eigenvalue weighted by Gasteiger charge is 2.24. The second kappa shape index (κ2) is 4.29. The molecule has 0 spiro atoms. The van der Waals surface area contributed by atoms with Crippen LogP contribution in [0.25, 0.3) is 0 Å². The van der Waals surface area contributed by atoms with Gasteiger partial charge in [0.2, 0.25) is 0 Å². The van der Waals surface area contributed by atoms with Crippen molar-refractivity contribution < 1.29 is 0 Å². The topological polar surface area (TPSA) is 45.4 Å². The Morgan fingerprint density at radius 3 is 2.88 bits per heavy atom. The molecule has 1 saturated heterocycles. The fourth-order valence-electron chi connectivity index (χ4n) is 2.24. The predicted octanol–water partition coefficient (Wildman–Crippen LogP) is 1.11. The van der Waals surface area contributed by atoms with E-state index in [1.807, 2.05) is 19.2 Å². The number of hydrogen-bond donors (Lipinski definition) is 1. The van der Waals surface area contributed by atoms with Gasteiger partial charge in [-0.25, -0.2) is 4.98 Å². The Morgan fingerprint density at radius 2 is 2.19 bits per heavy atom. The van der Waals surface area contributed by atoms with E-state index in [0.29, 0.717) is 6.04 Å². The second-order valence-corrected chi connectivity index (χ2v) is 4.67. The fourth-order valence-corrected chi connectivity index (χ4v) is 2.24. The number of likely N-dealkylation sites (N-methyl/N-ethyl adjacent to an activating group) is 1. The van der Waals surface area contributed by atoms with E-state index >= 15 is 0 Å². The van der Waals surface area contributed by atoms with Crippen molar-refractivity contribution in [2.45, 2.75) is 19.9 Å². The summed E-state index contributed by atoms with van der Waals surface area (Å²) in [6.07, 6.45) is 1.84. The van der Waals surface area contributed by atoms with Crippen LogP contribution >= 0.6 is 0 Å². The molecule has 1 aromatic heterocycles. The van der Waals surface area contributed by atoms with Crippen LogP contribution in [-0.4, -0.2) is 42.6 Å². The van der Waals surface area contributed by atoms with Gasteiger partial charge in [-0.3, -0.25) is 0 Å². The quantitative estimate of drug-likeness (QED) is 0.770. The van der Waals surface area contributed by atoms with Gasteiger partial charge in [0.25, 0.3) is 0 Å². The number of nitrogen functional groups attached to an aromatic ring is 1. The third kappa shape index (κ3) is 1.97. The highest BCUT2D eigenvalue weighted by molar-refractivity contribution is 5.66. The van der Waals surface area contributed by atoms with Crippen LogP contribution in [0.3, 0.4) is 0 Å². The van der Waals surface area contributed by atoms with E-state index in [1.54, 1.807) is 0 Å². The van der Waals surface area contributed by atoms with Crippen molar-refractivity contribution in [1.82, 2.24) is 9.88 Å². The molecule has 2 rings (SSSR count). The zero-order valence-electron chi connectivity index (χ0n) is 10.3. The van der Waals surface area contributed by atoms with E-state index in [2.05, 4.69) is 28.8 Å². The number of aryl methyl sites for hydroxylation is 1. The smallest absolute Gasteiger partial charge is 0.152 e. The average molecular weight is 220 g/mol. The van der Waals surface area contributed by atoms with E-state index in [0.717, 1.165) is 36.7 Å². The number of nitrogens with zero attached hydrogens (tertiary/aromatic N) is 3. The van der Waals surface area contributed by atoms with Crippen molar-refractivity contribution in [2.75, 3.05) is 37.3 Å². The summed E-state index contributed by atoms with van der Waals surface area (Å²) in [4.78, 5) is 9.07. The normalized spacial score (nSPS) is 22.4. The van der Waals surface area contributed by atoms with Gasteiger partial charge >= 0.3 is 0 Å². The minimum atomic E-state index is 0.468. The molecule has 2 N–H and O–H groups in total. The molecule has 4 nitrogen and oxygen atoms in total. The molecular formula is C12H20N4. The first kappa shape index (κ1) is 11.2. The lowest BCUT2D eigenvalue weighted by Crippen LogP contribution is -2.51. The van der Waals surface area contributed by atoms with Crippen molar-refractivity contribution in [3.8, 4) is 0 Å². The molecule has 1 unspecified atom stereocenters. The predicted molar refractivity (Wildman–Crippen MR) is 67.7 cm³/mol. The summed E-state index contributed by atoms with van der Waals surface area (Å²) < 4.78 is 0. The Labute approximate surface area is 97.1 Å². The Kier molecular flexibility index (Phi) is 3.01. The Bertz CT molecular complexity index is 377. The number of nitrogens with two attached hydrogens (primary N) is 1. The standard InChI is InChI=1S/C12H20N4/c1-9-4-5-14-12(11(9)13)16-7-6-15(3)8-10(16)2/h4-5,10H,6-8,13H2,1-3H3. The van der Waals surface area contributed by atoms with E-state index in [9.17, 15) is 0 Å². The summed E-state index contributed by atoms with van der Waals surface area (Å²) in [6, 6.07) is 2.43. The fraction of sp³-hybridized carbons (Fsp3) is 0.583. The highest BCUT2D eigenvalue weighted by Crippen LogP contribution is 2.26. The summed E-state index contributed by atoms with van der Waals surface area (Å²) in [5, 5.41) is 0. The van der Waals surface area contributed by atoms with Crippen LogP contribution in [0.1, 0.15) is 12.5 Å². The SMILES string of the molecule is Cc1ccnc(N2CCN(C)CC2C)c1N. The molecule has 0 amide bonds. The zero-order valence-corrected chi connectivity index (χ0v) is 10.3. The Hall–Kier alpha value is -1.29. The van der Waals surface area contributed by atoms with Crippen molar-refractivity contribution >= 4 is 11.5 Å². The molecule has 1 atom stereocenters. The maximum absolute atomic E-state index is 6.09. The largest absolute Gasteiger partial charge is 0.396 e. The molecule has 1 aromatic rings. The molecule has 0 aromatic carbocycles. The third-order valence-electron chi connectivity index (χ3n) is 3.29. The van der Waals surface area contributed by atoms with Crippen LogP contribution in [0, 0.1) is 6.92 Å². The Balaban J connectivity index is 2.27. The van der Waals surface area contributed by atoms with E-state index in [4.69, 9.17) is 5.73 Å². The molecule has 0 radical (unpaired) electrons.